The van der Waals surface area contributed by atoms with E-state index < -0.39 is 0 Å². The Morgan fingerprint density at radius 2 is 1.78 bits per heavy atom. The van der Waals surface area contributed by atoms with Crippen LogP contribution in [-0.4, -0.2) is 49.1 Å². The molecule has 0 saturated carbocycles. The number of hydrogen-bond acceptors (Lipinski definition) is 4. The van der Waals surface area contributed by atoms with Crippen LogP contribution in [0.3, 0.4) is 0 Å². The van der Waals surface area contributed by atoms with E-state index >= 15 is 0 Å². The summed E-state index contributed by atoms with van der Waals surface area (Å²) in [5, 5.41) is 0. The van der Waals surface area contributed by atoms with Crippen LogP contribution in [0.2, 0.25) is 0 Å². The van der Waals surface area contributed by atoms with Gasteiger partial charge in [0.1, 0.15) is 5.56 Å². The number of H-pyrrole nitrogens is 1. The first-order chi connectivity index (χ1) is 15.5. The van der Waals surface area contributed by atoms with Crippen LogP contribution in [0.25, 0.3) is 11.3 Å². The zero-order valence-electron chi connectivity index (χ0n) is 18.6. The second kappa shape index (κ2) is 9.83. The Hall–Kier alpha value is -3.38. The lowest BCUT2D eigenvalue weighted by Crippen LogP contribution is -2.39. The van der Waals surface area contributed by atoms with Gasteiger partial charge >= 0.3 is 0 Å². The van der Waals surface area contributed by atoms with Crippen molar-refractivity contribution in [1.82, 2.24) is 9.88 Å². The van der Waals surface area contributed by atoms with Crippen molar-refractivity contribution in [2.75, 3.05) is 32.1 Å². The first-order valence-electron chi connectivity index (χ1n) is 11.0. The van der Waals surface area contributed by atoms with Crippen molar-refractivity contribution in [2.24, 2.45) is 0 Å². The predicted molar refractivity (Wildman–Crippen MR) is 127 cm³/mol. The first-order valence-corrected chi connectivity index (χ1v) is 11.0. The summed E-state index contributed by atoms with van der Waals surface area (Å²) in [6.07, 6.45) is 1.92. The molecule has 1 atom stereocenters. The van der Waals surface area contributed by atoms with Gasteiger partial charge < -0.3 is 19.5 Å². The number of anilines is 1. The monoisotopic (exact) mass is 431 g/mol. The van der Waals surface area contributed by atoms with Crippen molar-refractivity contribution < 1.29 is 9.53 Å². The molecule has 166 valence electrons. The number of nitrogens with zero attached hydrogens (tertiary/aromatic N) is 2. The van der Waals surface area contributed by atoms with Gasteiger partial charge in [-0.05, 0) is 48.2 Å². The molecule has 32 heavy (non-hydrogen) atoms. The molecule has 1 fully saturated rings. The molecular formula is C26H29N3O3. The Labute approximate surface area is 188 Å². The fourth-order valence-electron chi connectivity index (χ4n) is 3.97. The number of aromatic nitrogens is 1. The van der Waals surface area contributed by atoms with Crippen LogP contribution >= 0.6 is 0 Å². The molecule has 1 N–H and O–H groups in total. The number of carbonyl (C=O) groups is 1. The molecule has 1 saturated heterocycles. The topological polar surface area (TPSA) is 65.6 Å². The number of amides is 1. The number of rotatable bonds is 7. The molecule has 1 aliphatic heterocycles. The van der Waals surface area contributed by atoms with Gasteiger partial charge in [0.15, 0.2) is 0 Å². The van der Waals surface area contributed by atoms with E-state index in [0.29, 0.717) is 18.8 Å². The molecule has 0 aliphatic carbocycles. The molecule has 0 bridgehead atoms. The van der Waals surface area contributed by atoms with E-state index in [0.717, 1.165) is 36.3 Å². The third-order valence-corrected chi connectivity index (χ3v) is 5.79. The van der Waals surface area contributed by atoms with Crippen LogP contribution in [0.5, 0.6) is 0 Å². The van der Waals surface area contributed by atoms with E-state index in [1.165, 1.54) is 0 Å². The zero-order chi connectivity index (χ0) is 22.5. The molecule has 2 aromatic carbocycles. The highest BCUT2D eigenvalue weighted by Gasteiger charge is 2.25. The fraction of sp³-hybridized carbons (Fsp3) is 0.308. The van der Waals surface area contributed by atoms with Gasteiger partial charge in [-0.25, -0.2) is 0 Å². The van der Waals surface area contributed by atoms with E-state index in [2.05, 4.69) is 4.98 Å². The normalized spacial score (nSPS) is 15.5. The van der Waals surface area contributed by atoms with E-state index in [9.17, 15) is 9.59 Å². The third-order valence-electron chi connectivity index (χ3n) is 5.79. The molecule has 1 unspecified atom stereocenters. The van der Waals surface area contributed by atoms with Gasteiger partial charge in [0.2, 0.25) is 0 Å². The van der Waals surface area contributed by atoms with E-state index in [4.69, 9.17) is 4.74 Å². The zero-order valence-corrected chi connectivity index (χ0v) is 18.6. The lowest BCUT2D eigenvalue weighted by atomic mass is 10.1. The van der Waals surface area contributed by atoms with Crippen molar-refractivity contribution in [3.8, 4) is 11.3 Å². The second-order valence-electron chi connectivity index (χ2n) is 8.36. The van der Waals surface area contributed by atoms with Gasteiger partial charge in [-0.15, -0.1) is 0 Å². The predicted octanol–water partition coefficient (Wildman–Crippen LogP) is 3.93. The Morgan fingerprint density at radius 3 is 2.41 bits per heavy atom. The summed E-state index contributed by atoms with van der Waals surface area (Å²) in [6, 6.07) is 21.1. The fourth-order valence-corrected chi connectivity index (χ4v) is 3.97. The van der Waals surface area contributed by atoms with Gasteiger partial charge in [-0.3, -0.25) is 9.59 Å². The molecule has 0 spiro atoms. The summed E-state index contributed by atoms with van der Waals surface area (Å²) >= 11 is 0. The van der Waals surface area contributed by atoms with E-state index in [-0.39, 0.29) is 23.1 Å². The molecule has 1 amide bonds. The molecule has 2 heterocycles. The summed E-state index contributed by atoms with van der Waals surface area (Å²) in [5.41, 5.74) is 3.47. The minimum atomic E-state index is -0.378. The standard InChI is InChI=1S/C26H29N3O3/c1-28(2)21-12-10-19(11-13-21)17-29(18-22-9-6-16-32-22)26(31)23-14-15-24(27-25(23)30)20-7-4-3-5-8-20/h3-5,7-8,10-15,22H,6,9,16-18H2,1-2H3,(H,27,30). The van der Waals surface area contributed by atoms with Crippen molar-refractivity contribution in [2.45, 2.75) is 25.5 Å². The van der Waals surface area contributed by atoms with Crippen molar-refractivity contribution >= 4 is 11.6 Å². The van der Waals surface area contributed by atoms with Crippen LogP contribution in [0.4, 0.5) is 5.69 Å². The molecule has 1 aliphatic rings. The van der Waals surface area contributed by atoms with Crippen molar-refractivity contribution in [3.63, 3.8) is 0 Å². The Balaban J connectivity index is 1.58. The number of nitrogens with one attached hydrogen (secondary N) is 1. The number of carbonyl (C=O) groups excluding carboxylic acids is 1. The maximum Gasteiger partial charge on any atom is 0.261 e. The van der Waals surface area contributed by atoms with Crippen LogP contribution < -0.4 is 10.5 Å². The number of benzene rings is 2. The Kier molecular flexibility index (Phi) is 6.71. The van der Waals surface area contributed by atoms with Gasteiger partial charge in [0.25, 0.3) is 11.5 Å². The van der Waals surface area contributed by atoms with Crippen molar-refractivity contribution in [3.05, 3.63) is 88.2 Å². The molecule has 6 heteroatoms. The summed E-state index contributed by atoms with van der Waals surface area (Å²) in [5.74, 6) is -0.280. The van der Waals surface area contributed by atoms with E-state index in [1.807, 2.05) is 73.6 Å². The van der Waals surface area contributed by atoms with Crippen LogP contribution in [0.1, 0.15) is 28.8 Å². The van der Waals surface area contributed by atoms with Crippen LogP contribution in [-0.2, 0) is 11.3 Å². The Morgan fingerprint density at radius 1 is 1.03 bits per heavy atom. The molecular weight excluding hydrogens is 402 g/mol. The molecule has 0 radical (unpaired) electrons. The van der Waals surface area contributed by atoms with Gasteiger partial charge in [-0.2, -0.15) is 0 Å². The Bertz CT molecular complexity index is 1100. The highest BCUT2D eigenvalue weighted by molar-refractivity contribution is 5.94. The first kappa shape index (κ1) is 21.8. The van der Waals surface area contributed by atoms with E-state index in [1.54, 1.807) is 17.0 Å². The van der Waals surface area contributed by atoms with Crippen LogP contribution in [0.15, 0.2) is 71.5 Å². The number of ether oxygens (including phenoxy) is 1. The van der Waals surface area contributed by atoms with Gasteiger partial charge in [0, 0.05) is 45.2 Å². The van der Waals surface area contributed by atoms with Gasteiger partial charge in [0.05, 0.1) is 6.10 Å². The SMILES string of the molecule is CN(C)c1ccc(CN(CC2CCCO2)C(=O)c2ccc(-c3ccccc3)[nH]c2=O)cc1. The number of aromatic amines is 1. The minimum Gasteiger partial charge on any atom is -0.378 e. The third kappa shape index (κ3) is 5.08. The lowest BCUT2D eigenvalue weighted by Gasteiger charge is -2.26. The number of hydrogen-bond donors (Lipinski definition) is 1. The largest absolute Gasteiger partial charge is 0.378 e. The van der Waals surface area contributed by atoms with Gasteiger partial charge in [-0.1, -0.05) is 42.5 Å². The van der Waals surface area contributed by atoms with Crippen LogP contribution in [0, 0.1) is 0 Å². The smallest absolute Gasteiger partial charge is 0.261 e. The lowest BCUT2D eigenvalue weighted by molar-refractivity contribution is 0.0506. The van der Waals surface area contributed by atoms with Crippen molar-refractivity contribution in [1.29, 1.82) is 0 Å². The quantitative estimate of drug-likeness (QED) is 0.616. The minimum absolute atomic E-state index is 0.00247. The molecule has 3 aromatic rings. The average molecular weight is 432 g/mol. The molecule has 4 rings (SSSR count). The highest BCUT2D eigenvalue weighted by Crippen LogP contribution is 2.20. The maximum absolute atomic E-state index is 13.4. The maximum atomic E-state index is 13.4. The summed E-state index contributed by atoms with van der Waals surface area (Å²) in [7, 11) is 3.99. The average Bonchev–Trinajstić information content (AvgIpc) is 3.32. The summed E-state index contributed by atoms with van der Waals surface area (Å²) in [6.45, 7) is 1.61. The summed E-state index contributed by atoms with van der Waals surface area (Å²) in [4.78, 5) is 32.9. The number of pyridine rings is 1. The summed E-state index contributed by atoms with van der Waals surface area (Å²) < 4.78 is 5.78. The molecule has 6 nitrogen and oxygen atoms in total. The second-order valence-corrected chi connectivity index (χ2v) is 8.36. The molecule has 1 aromatic heterocycles. The highest BCUT2D eigenvalue weighted by atomic mass is 16.5.